The van der Waals surface area contributed by atoms with Gasteiger partial charge in [-0.15, -0.1) is 0 Å². The lowest BCUT2D eigenvalue weighted by Crippen LogP contribution is -2.35. The van der Waals surface area contributed by atoms with E-state index in [4.69, 9.17) is 21.1 Å². The first-order valence-electron chi connectivity index (χ1n) is 13.4. The summed E-state index contributed by atoms with van der Waals surface area (Å²) in [6.07, 6.45) is 3.25. The highest BCUT2D eigenvalue weighted by atomic mass is 35.5. The van der Waals surface area contributed by atoms with E-state index >= 15 is 0 Å². The third-order valence-electron chi connectivity index (χ3n) is 7.94. The zero-order valence-electron chi connectivity index (χ0n) is 23.5. The molecule has 2 aromatic heterocycles. The third-order valence-corrected chi connectivity index (χ3v) is 8.33. The van der Waals surface area contributed by atoms with Crippen LogP contribution in [0.5, 0.6) is 11.5 Å². The van der Waals surface area contributed by atoms with Gasteiger partial charge in [-0.05, 0) is 30.9 Å². The highest BCUT2D eigenvalue weighted by Crippen LogP contribution is 2.39. The molecule has 0 aliphatic carbocycles. The maximum Gasteiger partial charge on any atom is 0.264 e. The smallest absolute Gasteiger partial charge is 0.264 e. The van der Waals surface area contributed by atoms with Gasteiger partial charge in [0.05, 0.1) is 19.2 Å². The second-order valence-electron chi connectivity index (χ2n) is 10.2. The fraction of sp³-hybridized carbons (Fsp3) is 0.414. The quantitative estimate of drug-likeness (QED) is 0.317. The standard InChI is InChI=1S/C29H32ClN7O4/c1-5-17(11-31)27(38)36-15-19-13-35(14-20(19)16-36)6-7-37-26-18(12-33-29(32-2)34-26)8-23(28(37)39)22-9-21(40-3)10-24(41-4)25(22)30/h5,8-10,12,19-20H,6-7,13-16H2,1-4H3,(H,32,33,34)/b17-5+/t19-,20+. The van der Waals surface area contributed by atoms with Gasteiger partial charge in [0.15, 0.2) is 0 Å². The monoisotopic (exact) mass is 577 g/mol. The number of anilines is 1. The van der Waals surface area contributed by atoms with E-state index in [1.807, 2.05) is 6.07 Å². The Morgan fingerprint density at radius 3 is 2.49 bits per heavy atom. The molecule has 41 heavy (non-hydrogen) atoms. The molecule has 2 atom stereocenters. The molecule has 2 aliphatic rings. The van der Waals surface area contributed by atoms with Crippen molar-refractivity contribution in [3.8, 4) is 28.7 Å². The van der Waals surface area contributed by atoms with Gasteiger partial charge in [0.25, 0.3) is 11.5 Å². The number of carbonyl (C=O) groups is 1. The first-order chi connectivity index (χ1) is 19.8. The largest absolute Gasteiger partial charge is 0.497 e. The van der Waals surface area contributed by atoms with Gasteiger partial charge >= 0.3 is 0 Å². The Bertz CT molecular complexity index is 1620. The van der Waals surface area contributed by atoms with Crippen LogP contribution in [-0.2, 0) is 11.3 Å². The number of pyridine rings is 1. The Balaban J connectivity index is 1.43. The summed E-state index contributed by atoms with van der Waals surface area (Å²) >= 11 is 6.68. The number of aromatic nitrogens is 3. The van der Waals surface area contributed by atoms with E-state index in [0.29, 0.717) is 82.6 Å². The number of benzene rings is 1. The Labute approximate surface area is 242 Å². The molecule has 11 nitrogen and oxygen atoms in total. The molecule has 0 saturated carbocycles. The van der Waals surface area contributed by atoms with Gasteiger partial charge in [0.1, 0.15) is 28.8 Å². The highest BCUT2D eigenvalue weighted by molar-refractivity contribution is 6.35. The van der Waals surface area contributed by atoms with Crippen molar-refractivity contribution in [2.45, 2.75) is 13.5 Å². The first kappa shape index (κ1) is 28.4. The number of amides is 1. The van der Waals surface area contributed by atoms with Crippen LogP contribution in [0.3, 0.4) is 0 Å². The van der Waals surface area contributed by atoms with Crippen molar-refractivity contribution < 1.29 is 14.3 Å². The fourth-order valence-electron chi connectivity index (χ4n) is 5.80. The number of likely N-dealkylation sites (tertiary alicyclic amines) is 2. The van der Waals surface area contributed by atoms with Crippen molar-refractivity contribution in [3.05, 3.63) is 51.4 Å². The van der Waals surface area contributed by atoms with Crippen LogP contribution in [0.25, 0.3) is 22.2 Å². The lowest BCUT2D eigenvalue weighted by atomic mass is 10.0. The number of carbonyl (C=O) groups excluding carboxylic acids is 1. The van der Waals surface area contributed by atoms with Crippen molar-refractivity contribution in [1.82, 2.24) is 24.3 Å². The van der Waals surface area contributed by atoms with Crippen molar-refractivity contribution in [2.24, 2.45) is 11.8 Å². The number of methoxy groups -OCH3 is 2. The summed E-state index contributed by atoms with van der Waals surface area (Å²) < 4.78 is 12.5. The third kappa shape index (κ3) is 5.33. The van der Waals surface area contributed by atoms with Gasteiger partial charge in [0, 0.05) is 75.1 Å². The Morgan fingerprint density at radius 1 is 1.15 bits per heavy atom. The molecular weight excluding hydrogens is 546 g/mol. The lowest BCUT2D eigenvalue weighted by molar-refractivity contribution is -0.126. The van der Waals surface area contributed by atoms with Crippen molar-refractivity contribution in [1.29, 1.82) is 5.26 Å². The maximum atomic E-state index is 14.0. The number of nitrogens with zero attached hydrogens (tertiary/aromatic N) is 6. The summed E-state index contributed by atoms with van der Waals surface area (Å²) in [5.41, 5.74) is 1.37. The van der Waals surface area contributed by atoms with E-state index in [0.717, 1.165) is 13.1 Å². The van der Waals surface area contributed by atoms with Crippen molar-refractivity contribution >= 4 is 34.5 Å². The van der Waals surface area contributed by atoms with Gasteiger partial charge in [-0.3, -0.25) is 14.2 Å². The molecule has 0 bridgehead atoms. The summed E-state index contributed by atoms with van der Waals surface area (Å²) in [6.45, 7) is 5.63. The molecule has 3 aromatic rings. The normalized spacial score (nSPS) is 18.8. The second-order valence-corrected chi connectivity index (χ2v) is 10.6. The van der Waals surface area contributed by atoms with Crippen LogP contribution in [0.2, 0.25) is 5.02 Å². The van der Waals surface area contributed by atoms with E-state index in [2.05, 4.69) is 20.2 Å². The average molecular weight is 578 g/mol. The Kier molecular flexibility index (Phi) is 8.15. The molecule has 0 unspecified atom stereocenters. The lowest BCUT2D eigenvalue weighted by Gasteiger charge is -2.22. The van der Waals surface area contributed by atoms with Gasteiger partial charge in [0.2, 0.25) is 5.95 Å². The van der Waals surface area contributed by atoms with E-state index in [9.17, 15) is 14.9 Å². The number of allylic oxidation sites excluding steroid dienone is 1. The minimum Gasteiger partial charge on any atom is -0.497 e. The fourth-order valence-corrected chi connectivity index (χ4v) is 6.09. The number of hydrogen-bond acceptors (Lipinski definition) is 9. The number of rotatable bonds is 8. The molecule has 0 spiro atoms. The molecular formula is C29H32ClN7O4. The van der Waals surface area contributed by atoms with Crippen LogP contribution in [0.15, 0.2) is 40.8 Å². The molecule has 2 fully saturated rings. The van der Waals surface area contributed by atoms with Crippen LogP contribution < -0.4 is 20.3 Å². The first-order valence-corrected chi connectivity index (χ1v) is 13.8. The predicted octanol–water partition coefficient (Wildman–Crippen LogP) is 3.03. The zero-order chi connectivity index (χ0) is 29.3. The number of nitriles is 1. The molecule has 1 aromatic carbocycles. The van der Waals surface area contributed by atoms with Gasteiger partial charge in [-0.1, -0.05) is 17.7 Å². The molecule has 214 valence electrons. The number of fused-ring (bicyclic) bond motifs is 2. The van der Waals surface area contributed by atoms with E-state index in [1.165, 1.54) is 7.11 Å². The topological polar surface area (TPSA) is 126 Å². The summed E-state index contributed by atoms with van der Waals surface area (Å²) in [5, 5.41) is 13.2. The van der Waals surface area contributed by atoms with Crippen molar-refractivity contribution in [3.63, 3.8) is 0 Å². The van der Waals surface area contributed by atoms with Crippen LogP contribution in [-0.4, -0.2) is 84.2 Å². The number of halogens is 1. The molecule has 2 aliphatic heterocycles. The summed E-state index contributed by atoms with van der Waals surface area (Å²) in [6, 6.07) is 7.14. The van der Waals surface area contributed by atoms with Crippen LogP contribution in [0.4, 0.5) is 5.95 Å². The van der Waals surface area contributed by atoms with Gasteiger partial charge < -0.3 is 24.6 Å². The summed E-state index contributed by atoms with van der Waals surface area (Å²) in [4.78, 5) is 39.7. The minimum absolute atomic E-state index is 0.185. The Hall–Kier alpha value is -4.14. The number of hydrogen-bond donors (Lipinski definition) is 1. The average Bonchev–Trinajstić information content (AvgIpc) is 3.56. The molecule has 12 heteroatoms. The molecule has 4 heterocycles. The zero-order valence-corrected chi connectivity index (χ0v) is 24.2. The van der Waals surface area contributed by atoms with E-state index in [-0.39, 0.29) is 17.0 Å². The molecule has 0 radical (unpaired) electrons. The molecule has 2 saturated heterocycles. The van der Waals surface area contributed by atoms with Crippen LogP contribution in [0, 0.1) is 23.2 Å². The van der Waals surface area contributed by atoms with Gasteiger partial charge in [-0.2, -0.15) is 10.2 Å². The molecule has 1 N–H and O–H groups in total. The molecule has 1 amide bonds. The predicted molar refractivity (Wildman–Crippen MR) is 156 cm³/mol. The summed E-state index contributed by atoms with van der Waals surface area (Å²) in [5.74, 6) is 1.80. The minimum atomic E-state index is -0.234. The summed E-state index contributed by atoms with van der Waals surface area (Å²) in [7, 11) is 4.79. The van der Waals surface area contributed by atoms with E-state index < -0.39 is 0 Å². The second kappa shape index (κ2) is 11.8. The van der Waals surface area contributed by atoms with Crippen LogP contribution >= 0.6 is 11.6 Å². The van der Waals surface area contributed by atoms with Crippen LogP contribution in [0.1, 0.15) is 6.92 Å². The Morgan fingerprint density at radius 2 is 1.88 bits per heavy atom. The number of nitrogens with one attached hydrogen (secondary N) is 1. The molecule has 5 rings (SSSR count). The van der Waals surface area contributed by atoms with Gasteiger partial charge in [-0.25, -0.2) is 4.98 Å². The van der Waals surface area contributed by atoms with E-state index in [1.54, 1.807) is 61.0 Å². The van der Waals surface area contributed by atoms with Crippen molar-refractivity contribution in [2.75, 3.05) is 59.3 Å². The SMILES string of the molecule is C/C=C(\C#N)C(=O)N1C[C@H]2CN(CCn3c(=O)c(-c4cc(OC)cc(OC)c4Cl)cc4cnc(NC)nc43)C[C@H]2C1. The maximum absolute atomic E-state index is 14.0. The number of ether oxygens (including phenoxy) is 2. The highest BCUT2D eigenvalue weighted by Gasteiger charge is 2.41.